The molecule has 0 N–H and O–H groups in total. The Balaban J connectivity index is 1.82. The van der Waals surface area contributed by atoms with Gasteiger partial charge < -0.3 is 0 Å². The summed E-state index contributed by atoms with van der Waals surface area (Å²) in [6.07, 6.45) is 3.19. The summed E-state index contributed by atoms with van der Waals surface area (Å²) in [5.74, 6) is -0.179. The number of nitrogens with zero attached hydrogens (tertiary/aromatic N) is 2. The molecule has 0 bridgehead atoms. The summed E-state index contributed by atoms with van der Waals surface area (Å²) < 4.78 is 0. The maximum absolute atomic E-state index is 12.3. The summed E-state index contributed by atoms with van der Waals surface area (Å²) in [4.78, 5) is 30.4. The number of aromatic nitrogens is 1. The van der Waals surface area contributed by atoms with Crippen molar-refractivity contribution in [1.82, 2.24) is 4.98 Å². The fourth-order valence-corrected chi connectivity index (χ4v) is 3.41. The summed E-state index contributed by atoms with van der Waals surface area (Å²) in [6, 6.07) is 16.8. The van der Waals surface area contributed by atoms with Gasteiger partial charge in [-0.15, -0.1) is 11.3 Å². The molecular formula is C21H18N2O2S. The number of hydrogen-bond donors (Lipinski definition) is 0. The maximum Gasteiger partial charge on any atom is 0.230 e. The Hall–Kier alpha value is -3.05. The Bertz CT molecular complexity index is 961. The number of para-hydroxylation sites is 1. The second kappa shape index (κ2) is 7.89. The molecule has 3 rings (SSSR count). The van der Waals surface area contributed by atoms with Crippen molar-refractivity contribution >= 4 is 39.9 Å². The smallest absolute Gasteiger partial charge is 0.230 e. The van der Waals surface area contributed by atoms with Crippen LogP contribution in [0.15, 0.2) is 66.1 Å². The van der Waals surface area contributed by atoms with Crippen molar-refractivity contribution in [3.05, 3.63) is 82.9 Å². The van der Waals surface area contributed by atoms with E-state index in [1.54, 1.807) is 17.0 Å². The molecule has 0 unspecified atom stereocenters. The van der Waals surface area contributed by atoms with Gasteiger partial charge in [0, 0.05) is 17.9 Å². The van der Waals surface area contributed by atoms with Crippen molar-refractivity contribution in [3.63, 3.8) is 0 Å². The Kier molecular flexibility index (Phi) is 5.39. The minimum absolute atomic E-state index is 0.0656. The zero-order valence-corrected chi connectivity index (χ0v) is 15.4. The SMILES string of the molecule is CC(=O)N(c1ccccc1)c1nc(/C=C/C(=O)c2ccccc2C)cs1. The van der Waals surface area contributed by atoms with E-state index >= 15 is 0 Å². The fourth-order valence-electron chi connectivity index (χ4n) is 2.56. The zero-order valence-electron chi connectivity index (χ0n) is 14.5. The standard InChI is InChI=1S/C21H18N2O2S/c1-15-8-6-7-11-19(15)20(25)13-12-17-14-26-21(22-17)23(16(2)24)18-9-4-3-5-10-18/h3-14H,1-2H3/b13-12+. The highest BCUT2D eigenvalue weighted by Gasteiger charge is 2.17. The van der Waals surface area contributed by atoms with E-state index in [1.807, 2.05) is 60.8 Å². The molecule has 0 fully saturated rings. The van der Waals surface area contributed by atoms with E-state index in [0.29, 0.717) is 16.4 Å². The normalized spacial score (nSPS) is 10.8. The number of carbonyl (C=O) groups excluding carboxylic acids is 2. The molecule has 1 amide bonds. The first-order valence-corrected chi connectivity index (χ1v) is 9.03. The van der Waals surface area contributed by atoms with E-state index in [-0.39, 0.29) is 11.7 Å². The molecule has 0 saturated heterocycles. The van der Waals surface area contributed by atoms with Crippen molar-refractivity contribution in [2.45, 2.75) is 13.8 Å². The second-order valence-corrected chi connectivity index (χ2v) is 6.59. The fraction of sp³-hybridized carbons (Fsp3) is 0.0952. The summed E-state index contributed by atoms with van der Waals surface area (Å²) in [6.45, 7) is 3.41. The average molecular weight is 362 g/mol. The lowest BCUT2D eigenvalue weighted by molar-refractivity contribution is -0.115. The third kappa shape index (κ3) is 3.95. The number of rotatable bonds is 5. The van der Waals surface area contributed by atoms with Gasteiger partial charge in [0.15, 0.2) is 10.9 Å². The van der Waals surface area contributed by atoms with Crippen molar-refractivity contribution in [2.24, 2.45) is 0 Å². The van der Waals surface area contributed by atoms with Crippen LogP contribution >= 0.6 is 11.3 Å². The first-order valence-electron chi connectivity index (χ1n) is 8.15. The lowest BCUT2D eigenvalue weighted by Crippen LogP contribution is -2.22. The van der Waals surface area contributed by atoms with Gasteiger partial charge in [0.1, 0.15) is 0 Å². The number of hydrogen-bond acceptors (Lipinski definition) is 4. The predicted molar refractivity (Wildman–Crippen MR) is 106 cm³/mol. The Morgan fingerprint density at radius 2 is 1.73 bits per heavy atom. The summed E-state index contributed by atoms with van der Waals surface area (Å²) in [7, 11) is 0. The van der Waals surface area contributed by atoms with Crippen LogP contribution in [0.3, 0.4) is 0 Å². The number of allylic oxidation sites excluding steroid dienone is 1. The third-order valence-corrected chi connectivity index (χ3v) is 4.69. The molecule has 0 aliphatic heterocycles. The first-order chi connectivity index (χ1) is 12.6. The third-order valence-electron chi connectivity index (χ3n) is 3.85. The number of anilines is 2. The van der Waals surface area contributed by atoms with Gasteiger partial charge in [0.25, 0.3) is 0 Å². The number of ketones is 1. The molecule has 4 nitrogen and oxygen atoms in total. The molecule has 5 heteroatoms. The van der Waals surface area contributed by atoms with Gasteiger partial charge in [0.05, 0.1) is 11.4 Å². The van der Waals surface area contributed by atoms with Crippen LogP contribution < -0.4 is 4.90 Å². The summed E-state index contributed by atoms with van der Waals surface area (Å²) in [5.41, 5.74) is 3.02. The molecule has 1 aromatic heterocycles. The van der Waals surface area contributed by atoms with Crippen LogP contribution in [0.2, 0.25) is 0 Å². The van der Waals surface area contributed by atoms with E-state index in [1.165, 1.54) is 24.3 Å². The Morgan fingerprint density at radius 3 is 2.42 bits per heavy atom. The molecule has 0 aliphatic rings. The maximum atomic E-state index is 12.3. The number of amides is 1. The molecule has 0 aliphatic carbocycles. The quantitative estimate of drug-likeness (QED) is 0.472. The van der Waals surface area contributed by atoms with Gasteiger partial charge in [-0.25, -0.2) is 4.98 Å². The molecule has 26 heavy (non-hydrogen) atoms. The van der Waals surface area contributed by atoms with Gasteiger partial charge in [-0.2, -0.15) is 0 Å². The van der Waals surface area contributed by atoms with Crippen LogP contribution in [-0.2, 0) is 4.79 Å². The van der Waals surface area contributed by atoms with E-state index in [2.05, 4.69) is 4.98 Å². The minimum atomic E-state index is -0.114. The largest absolute Gasteiger partial charge is 0.289 e. The number of benzene rings is 2. The highest BCUT2D eigenvalue weighted by Crippen LogP contribution is 2.29. The van der Waals surface area contributed by atoms with Crippen LogP contribution in [0, 0.1) is 6.92 Å². The van der Waals surface area contributed by atoms with E-state index in [0.717, 1.165) is 11.3 Å². The molecule has 130 valence electrons. The van der Waals surface area contributed by atoms with Crippen LogP contribution in [-0.4, -0.2) is 16.7 Å². The Morgan fingerprint density at radius 1 is 1.04 bits per heavy atom. The van der Waals surface area contributed by atoms with Gasteiger partial charge in [-0.05, 0) is 36.8 Å². The summed E-state index contributed by atoms with van der Waals surface area (Å²) in [5, 5.41) is 2.40. The topological polar surface area (TPSA) is 50.3 Å². The lowest BCUT2D eigenvalue weighted by Gasteiger charge is -2.17. The van der Waals surface area contributed by atoms with Crippen LogP contribution in [0.25, 0.3) is 6.08 Å². The number of aryl methyl sites for hydroxylation is 1. The van der Waals surface area contributed by atoms with Crippen LogP contribution in [0.5, 0.6) is 0 Å². The second-order valence-electron chi connectivity index (χ2n) is 5.76. The van der Waals surface area contributed by atoms with Gasteiger partial charge in [-0.1, -0.05) is 42.5 Å². The Labute approximate surface area is 156 Å². The minimum Gasteiger partial charge on any atom is -0.289 e. The molecule has 0 spiro atoms. The van der Waals surface area contributed by atoms with Gasteiger partial charge in [-0.3, -0.25) is 14.5 Å². The van der Waals surface area contributed by atoms with Gasteiger partial charge in [0.2, 0.25) is 5.91 Å². The van der Waals surface area contributed by atoms with Crippen molar-refractivity contribution in [2.75, 3.05) is 4.90 Å². The molecule has 0 radical (unpaired) electrons. The van der Waals surface area contributed by atoms with Crippen LogP contribution in [0.4, 0.5) is 10.8 Å². The van der Waals surface area contributed by atoms with Crippen molar-refractivity contribution in [3.8, 4) is 0 Å². The molecule has 3 aromatic rings. The van der Waals surface area contributed by atoms with E-state index < -0.39 is 0 Å². The highest BCUT2D eigenvalue weighted by molar-refractivity contribution is 7.14. The molecular weight excluding hydrogens is 344 g/mol. The molecule has 1 heterocycles. The number of carbonyl (C=O) groups is 2. The predicted octanol–water partition coefficient (Wildman–Crippen LogP) is 5.03. The molecule has 0 atom stereocenters. The zero-order chi connectivity index (χ0) is 18.5. The average Bonchev–Trinajstić information content (AvgIpc) is 3.09. The van der Waals surface area contributed by atoms with Crippen LogP contribution in [0.1, 0.15) is 28.5 Å². The summed E-state index contributed by atoms with van der Waals surface area (Å²) >= 11 is 1.36. The molecule has 2 aromatic carbocycles. The van der Waals surface area contributed by atoms with Crippen molar-refractivity contribution < 1.29 is 9.59 Å². The van der Waals surface area contributed by atoms with Crippen molar-refractivity contribution in [1.29, 1.82) is 0 Å². The lowest BCUT2D eigenvalue weighted by atomic mass is 10.0. The monoisotopic (exact) mass is 362 g/mol. The first kappa shape index (κ1) is 17.8. The van der Waals surface area contributed by atoms with E-state index in [9.17, 15) is 9.59 Å². The van der Waals surface area contributed by atoms with E-state index in [4.69, 9.17) is 0 Å². The van der Waals surface area contributed by atoms with Gasteiger partial charge >= 0.3 is 0 Å². The number of thiazole rings is 1. The molecule has 0 saturated carbocycles. The highest BCUT2D eigenvalue weighted by atomic mass is 32.1.